The number of pyridine rings is 1. The fourth-order valence-corrected chi connectivity index (χ4v) is 2.56. The minimum absolute atomic E-state index is 0.0152. The highest BCUT2D eigenvalue weighted by Crippen LogP contribution is 2.25. The number of nitrogens with zero attached hydrogens (tertiary/aromatic N) is 2. The number of rotatable bonds is 5. The molecule has 1 heterocycles. The first kappa shape index (κ1) is 16.0. The van der Waals surface area contributed by atoms with Gasteiger partial charge in [-0.3, -0.25) is 9.78 Å². The second-order valence-electron chi connectivity index (χ2n) is 5.50. The average Bonchev–Trinajstić information content (AvgIpc) is 2.50. The van der Waals surface area contributed by atoms with Crippen LogP contribution in [-0.2, 0) is 0 Å². The summed E-state index contributed by atoms with van der Waals surface area (Å²) in [6.45, 7) is 14.5. The number of aromatic nitrogens is 1. The minimum atomic E-state index is -0.0152. The first-order valence-corrected chi connectivity index (χ1v) is 7.38. The van der Waals surface area contributed by atoms with Gasteiger partial charge in [0.15, 0.2) is 0 Å². The summed E-state index contributed by atoms with van der Waals surface area (Å²) >= 11 is 0. The van der Waals surface area contributed by atoms with E-state index in [1.165, 1.54) is 5.56 Å². The summed E-state index contributed by atoms with van der Waals surface area (Å²) in [6.07, 6.45) is 3.46. The van der Waals surface area contributed by atoms with Crippen LogP contribution in [0.25, 0.3) is 10.9 Å². The maximum Gasteiger partial charge on any atom is 0.255 e. The molecule has 1 aromatic carbocycles. The zero-order valence-electron chi connectivity index (χ0n) is 13.5. The molecule has 0 aliphatic heterocycles. The van der Waals surface area contributed by atoms with E-state index in [0.29, 0.717) is 18.7 Å². The lowest BCUT2D eigenvalue weighted by atomic mass is 10.00. The van der Waals surface area contributed by atoms with Crippen molar-refractivity contribution < 1.29 is 4.79 Å². The molecule has 3 nitrogen and oxygen atoms in total. The van der Waals surface area contributed by atoms with Crippen molar-refractivity contribution in [2.24, 2.45) is 0 Å². The third-order valence-electron chi connectivity index (χ3n) is 3.85. The Morgan fingerprint density at radius 3 is 2.41 bits per heavy atom. The van der Waals surface area contributed by atoms with E-state index < -0.39 is 0 Å². The highest BCUT2D eigenvalue weighted by molar-refractivity contribution is 6.07. The van der Waals surface area contributed by atoms with E-state index in [4.69, 9.17) is 0 Å². The summed E-state index contributed by atoms with van der Waals surface area (Å²) in [5.74, 6) is -0.0152. The van der Waals surface area contributed by atoms with Gasteiger partial charge in [-0.1, -0.05) is 24.3 Å². The van der Waals surface area contributed by atoms with Crippen LogP contribution in [-0.4, -0.2) is 28.9 Å². The monoisotopic (exact) mass is 294 g/mol. The molecular formula is C19H22N2O. The number of hydrogen-bond acceptors (Lipinski definition) is 2. The molecule has 0 bridgehead atoms. The molecule has 3 heteroatoms. The standard InChI is InChI=1S/C19H22N2O/c1-6-10-21(11-7-2)19(22)17-12-14(4)20-18-15(5)13(3)8-9-16(17)18/h6-9,12H,1-2,10-11H2,3-5H3. The number of fused-ring (bicyclic) bond motifs is 1. The van der Waals surface area contributed by atoms with Crippen LogP contribution in [0.4, 0.5) is 0 Å². The van der Waals surface area contributed by atoms with E-state index in [2.05, 4.69) is 25.1 Å². The SMILES string of the molecule is C=CCN(CC=C)C(=O)c1cc(C)nc2c(C)c(C)ccc12. The van der Waals surface area contributed by atoms with Gasteiger partial charge in [-0.2, -0.15) is 0 Å². The number of aryl methyl sites for hydroxylation is 3. The largest absolute Gasteiger partial charge is 0.331 e. The fraction of sp³-hybridized carbons (Fsp3) is 0.263. The summed E-state index contributed by atoms with van der Waals surface area (Å²) in [6, 6.07) is 5.88. The lowest BCUT2D eigenvalue weighted by Crippen LogP contribution is -2.31. The second kappa shape index (κ2) is 6.56. The van der Waals surface area contributed by atoms with Crippen molar-refractivity contribution in [2.45, 2.75) is 20.8 Å². The van der Waals surface area contributed by atoms with E-state index >= 15 is 0 Å². The Hall–Kier alpha value is -2.42. The molecule has 0 spiro atoms. The van der Waals surface area contributed by atoms with Crippen LogP contribution in [0.15, 0.2) is 43.5 Å². The van der Waals surface area contributed by atoms with E-state index in [1.54, 1.807) is 17.1 Å². The summed E-state index contributed by atoms with van der Waals surface area (Å²) in [4.78, 5) is 19.2. The highest BCUT2D eigenvalue weighted by atomic mass is 16.2. The molecule has 0 saturated carbocycles. The van der Waals surface area contributed by atoms with Gasteiger partial charge in [-0.15, -0.1) is 13.2 Å². The smallest absolute Gasteiger partial charge is 0.255 e. The van der Waals surface area contributed by atoms with Crippen LogP contribution in [0.3, 0.4) is 0 Å². The van der Waals surface area contributed by atoms with Crippen LogP contribution in [0.1, 0.15) is 27.2 Å². The lowest BCUT2D eigenvalue weighted by Gasteiger charge is -2.21. The van der Waals surface area contributed by atoms with Gasteiger partial charge in [0.05, 0.1) is 11.1 Å². The molecule has 1 amide bonds. The predicted octanol–water partition coefficient (Wildman–Crippen LogP) is 3.97. The van der Waals surface area contributed by atoms with Gasteiger partial charge in [0.2, 0.25) is 0 Å². The average molecular weight is 294 g/mol. The zero-order chi connectivity index (χ0) is 16.3. The Balaban J connectivity index is 2.63. The summed E-state index contributed by atoms with van der Waals surface area (Å²) in [5, 5.41) is 0.900. The molecule has 1 aromatic heterocycles. The van der Waals surface area contributed by atoms with Gasteiger partial charge in [-0.25, -0.2) is 0 Å². The third-order valence-corrected chi connectivity index (χ3v) is 3.85. The third kappa shape index (κ3) is 2.93. The molecule has 0 saturated heterocycles. The normalized spacial score (nSPS) is 10.5. The summed E-state index contributed by atoms with van der Waals surface area (Å²) < 4.78 is 0. The van der Waals surface area contributed by atoms with E-state index in [1.807, 2.05) is 32.0 Å². The van der Waals surface area contributed by atoms with E-state index in [-0.39, 0.29) is 5.91 Å². The van der Waals surface area contributed by atoms with Crippen LogP contribution < -0.4 is 0 Å². The Kier molecular flexibility index (Phi) is 4.76. The summed E-state index contributed by atoms with van der Waals surface area (Å²) in [5.41, 5.74) is 4.74. The Bertz CT molecular complexity index is 737. The number of amides is 1. The molecule has 0 N–H and O–H groups in total. The Labute approximate surface area is 132 Å². The fourth-order valence-electron chi connectivity index (χ4n) is 2.56. The van der Waals surface area contributed by atoms with E-state index in [9.17, 15) is 4.79 Å². The molecule has 0 radical (unpaired) electrons. The lowest BCUT2D eigenvalue weighted by molar-refractivity contribution is 0.0792. The van der Waals surface area contributed by atoms with Crippen LogP contribution >= 0.6 is 0 Å². The van der Waals surface area contributed by atoms with Crippen LogP contribution in [0, 0.1) is 20.8 Å². The van der Waals surface area contributed by atoms with Gasteiger partial charge < -0.3 is 4.90 Å². The van der Waals surface area contributed by atoms with Gasteiger partial charge in [-0.05, 0) is 38.0 Å². The number of carbonyl (C=O) groups excluding carboxylic acids is 1. The van der Waals surface area contributed by atoms with Gasteiger partial charge in [0.1, 0.15) is 0 Å². The number of hydrogen-bond donors (Lipinski definition) is 0. The molecule has 0 aliphatic rings. The molecule has 2 aromatic rings. The quantitative estimate of drug-likeness (QED) is 0.782. The molecule has 0 fully saturated rings. The molecule has 0 unspecified atom stereocenters. The van der Waals surface area contributed by atoms with Crippen molar-refractivity contribution in [3.05, 3.63) is 65.9 Å². The van der Waals surface area contributed by atoms with Crippen molar-refractivity contribution in [3.8, 4) is 0 Å². The van der Waals surface area contributed by atoms with Gasteiger partial charge >= 0.3 is 0 Å². The molecule has 114 valence electrons. The topological polar surface area (TPSA) is 33.2 Å². The Morgan fingerprint density at radius 2 is 1.82 bits per heavy atom. The Morgan fingerprint density at radius 1 is 1.18 bits per heavy atom. The first-order valence-electron chi connectivity index (χ1n) is 7.38. The molecule has 22 heavy (non-hydrogen) atoms. The van der Waals surface area contributed by atoms with Gasteiger partial charge in [0.25, 0.3) is 5.91 Å². The maximum atomic E-state index is 12.9. The number of carbonyl (C=O) groups is 1. The van der Waals surface area contributed by atoms with E-state index in [0.717, 1.165) is 22.2 Å². The van der Waals surface area contributed by atoms with Crippen molar-refractivity contribution in [2.75, 3.05) is 13.1 Å². The summed E-state index contributed by atoms with van der Waals surface area (Å²) in [7, 11) is 0. The van der Waals surface area contributed by atoms with Crippen molar-refractivity contribution in [3.63, 3.8) is 0 Å². The molecule has 0 aliphatic carbocycles. The van der Waals surface area contributed by atoms with Crippen LogP contribution in [0.2, 0.25) is 0 Å². The second-order valence-corrected chi connectivity index (χ2v) is 5.50. The van der Waals surface area contributed by atoms with Crippen LogP contribution in [0.5, 0.6) is 0 Å². The minimum Gasteiger partial charge on any atom is -0.331 e. The molecule has 0 atom stereocenters. The molecular weight excluding hydrogens is 272 g/mol. The highest BCUT2D eigenvalue weighted by Gasteiger charge is 2.18. The zero-order valence-corrected chi connectivity index (χ0v) is 13.5. The van der Waals surface area contributed by atoms with Crippen molar-refractivity contribution in [1.29, 1.82) is 0 Å². The van der Waals surface area contributed by atoms with Gasteiger partial charge in [0, 0.05) is 24.2 Å². The van der Waals surface area contributed by atoms with Crippen molar-refractivity contribution >= 4 is 16.8 Å². The van der Waals surface area contributed by atoms with Crippen molar-refractivity contribution in [1.82, 2.24) is 9.88 Å². The maximum absolute atomic E-state index is 12.9. The number of benzene rings is 1. The predicted molar refractivity (Wildman–Crippen MR) is 92.3 cm³/mol. The first-order chi connectivity index (χ1) is 10.5. The molecule has 2 rings (SSSR count).